The molecule has 0 atom stereocenters. The summed E-state index contributed by atoms with van der Waals surface area (Å²) in [4.78, 5) is 0. The van der Waals surface area contributed by atoms with Crippen molar-refractivity contribution in [2.75, 3.05) is 6.54 Å². The number of ether oxygens (including phenoxy) is 1. The molecule has 0 saturated carbocycles. The van der Waals surface area contributed by atoms with E-state index in [1.807, 2.05) is 25.1 Å². The Morgan fingerprint density at radius 2 is 2.05 bits per heavy atom. The van der Waals surface area contributed by atoms with Crippen LogP contribution in [0.15, 0.2) is 34.7 Å². The van der Waals surface area contributed by atoms with Gasteiger partial charge < -0.3 is 14.5 Å². The van der Waals surface area contributed by atoms with Crippen LogP contribution in [0.1, 0.15) is 36.0 Å². The second kappa shape index (κ2) is 7.15. The van der Waals surface area contributed by atoms with E-state index in [0.717, 1.165) is 42.3 Å². The molecule has 0 fully saturated rings. The molecule has 20 heavy (non-hydrogen) atoms. The van der Waals surface area contributed by atoms with Gasteiger partial charge in [-0.25, -0.2) is 0 Å². The Labute approximate surface area is 121 Å². The average Bonchev–Trinajstić information content (AvgIpc) is 2.77. The molecule has 3 nitrogen and oxygen atoms in total. The largest absolute Gasteiger partial charge is 0.489 e. The van der Waals surface area contributed by atoms with E-state index in [0.29, 0.717) is 6.61 Å². The quantitative estimate of drug-likeness (QED) is 0.775. The van der Waals surface area contributed by atoms with Gasteiger partial charge in [-0.1, -0.05) is 19.1 Å². The lowest BCUT2D eigenvalue weighted by Gasteiger charge is -2.05. The number of benzene rings is 1. The van der Waals surface area contributed by atoms with Crippen LogP contribution in [-0.2, 0) is 13.2 Å². The normalized spacial score (nSPS) is 10.8. The third-order valence-electron chi connectivity index (χ3n) is 3.18. The molecular weight excluding hydrogens is 250 g/mol. The molecule has 1 aromatic heterocycles. The lowest BCUT2D eigenvalue weighted by atomic mass is 10.2. The molecule has 0 amide bonds. The van der Waals surface area contributed by atoms with Gasteiger partial charge in [-0.05, 0) is 50.6 Å². The number of rotatable bonds is 7. The number of hydrogen-bond acceptors (Lipinski definition) is 3. The van der Waals surface area contributed by atoms with E-state index in [2.05, 4.69) is 31.3 Å². The Bertz CT molecular complexity index is 546. The van der Waals surface area contributed by atoms with Gasteiger partial charge >= 0.3 is 0 Å². The zero-order valence-corrected chi connectivity index (χ0v) is 12.5. The van der Waals surface area contributed by atoms with Crippen molar-refractivity contribution in [1.82, 2.24) is 5.32 Å². The van der Waals surface area contributed by atoms with Crippen LogP contribution in [0.2, 0.25) is 0 Å². The molecule has 0 unspecified atom stereocenters. The summed E-state index contributed by atoms with van der Waals surface area (Å²) in [5.74, 6) is 2.81. The Kier molecular flexibility index (Phi) is 5.24. The summed E-state index contributed by atoms with van der Waals surface area (Å²) in [6, 6.07) is 10.2. The van der Waals surface area contributed by atoms with Crippen LogP contribution in [0.25, 0.3) is 0 Å². The smallest absolute Gasteiger partial charge is 0.120 e. The van der Waals surface area contributed by atoms with Crippen molar-refractivity contribution in [3.05, 3.63) is 53.0 Å². The molecule has 2 aromatic rings. The summed E-state index contributed by atoms with van der Waals surface area (Å²) in [5.41, 5.74) is 2.32. The minimum absolute atomic E-state index is 0.548. The second-order valence-electron chi connectivity index (χ2n) is 5.08. The van der Waals surface area contributed by atoms with Crippen molar-refractivity contribution in [1.29, 1.82) is 0 Å². The predicted molar refractivity (Wildman–Crippen MR) is 81.0 cm³/mol. The highest BCUT2D eigenvalue weighted by Crippen LogP contribution is 2.19. The van der Waals surface area contributed by atoms with E-state index in [1.165, 1.54) is 5.56 Å². The highest BCUT2D eigenvalue weighted by Gasteiger charge is 2.08. The van der Waals surface area contributed by atoms with Gasteiger partial charge in [0.15, 0.2) is 0 Å². The monoisotopic (exact) mass is 273 g/mol. The van der Waals surface area contributed by atoms with Gasteiger partial charge in [-0.2, -0.15) is 0 Å². The van der Waals surface area contributed by atoms with E-state index in [1.54, 1.807) is 0 Å². The second-order valence-corrected chi connectivity index (χ2v) is 5.08. The third-order valence-corrected chi connectivity index (χ3v) is 3.18. The number of hydrogen-bond donors (Lipinski definition) is 1. The first-order chi connectivity index (χ1) is 9.69. The van der Waals surface area contributed by atoms with Gasteiger partial charge in [-0.15, -0.1) is 0 Å². The van der Waals surface area contributed by atoms with E-state index < -0.39 is 0 Å². The summed E-state index contributed by atoms with van der Waals surface area (Å²) in [6.45, 7) is 8.54. The van der Waals surface area contributed by atoms with Crippen molar-refractivity contribution >= 4 is 0 Å². The van der Waals surface area contributed by atoms with Crippen molar-refractivity contribution < 1.29 is 9.15 Å². The standard InChI is InChI=1S/C17H23NO2/c1-4-8-18-11-17-10-15(14(3)20-17)12-19-16-7-5-6-13(2)9-16/h5-7,9-10,18H,4,8,11-12H2,1-3H3. The van der Waals surface area contributed by atoms with Crippen molar-refractivity contribution in [3.63, 3.8) is 0 Å². The summed E-state index contributed by atoms with van der Waals surface area (Å²) in [7, 11) is 0. The van der Waals surface area contributed by atoms with Crippen LogP contribution in [-0.4, -0.2) is 6.54 Å². The molecule has 1 N–H and O–H groups in total. The van der Waals surface area contributed by atoms with Gasteiger partial charge in [0.05, 0.1) is 6.54 Å². The molecule has 108 valence electrons. The van der Waals surface area contributed by atoms with Crippen LogP contribution in [0.5, 0.6) is 5.75 Å². The minimum atomic E-state index is 0.548. The predicted octanol–water partition coefficient (Wildman–Crippen LogP) is 3.98. The fourth-order valence-corrected chi connectivity index (χ4v) is 2.07. The summed E-state index contributed by atoms with van der Waals surface area (Å²) in [6.07, 6.45) is 1.13. The van der Waals surface area contributed by atoms with Gasteiger partial charge in [-0.3, -0.25) is 0 Å². The topological polar surface area (TPSA) is 34.4 Å². The fourth-order valence-electron chi connectivity index (χ4n) is 2.07. The zero-order valence-electron chi connectivity index (χ0n) is 12.5. The summed E-state index contributed by atoms with van der Waals surface area (Å²) >= 11 is 0. The number of furan rings is 1. The van der Waals surface area contributed by atoms with E-state index in [-0.39, 0.29) is 0 Å². The lowest BCUT2D eigenvalue weighted by molar-refractivity contribution is 0.303. The molecule has 0 aliphatic carbocycles. The highest BCUT2D eigenvalue weighted by atomic mass is 16.5. The molecule has 3 heteroatoms. The summed E-state index contributed by atoms with van der Waals surface area (Å²) < 4.78 is 11.5. The lowest BCUT2D eigenvalue weighted by Crippen LogP contribution is -2.13. The Morgan fingerprint density at radius 1 is 1.20 bits per heavy atom. The maximum atomic E-state index is 5.81. The molecule has 0 spiro atoms. The summed E-state index contributed by atoms with van der Waals surface area (Å²) in [5, 5.41) is 3.34. The molecule has 0 bridgehead atoms. The molecule has 2 rings (SSSR count). The van der Waals surface area contributed by atoms with Gasteiger partial charge in [0.25, 0.3) is 0 Å². The fraction of sp³-hybridized carbons (Fsp3) is 0.412. The molecule has 1 aromatic carbocycles. The van der Waals surface area contributed by atoms with E-state index >= 15 is 0 Å². The van der Waals surface area contributed by atoms with Gasteiger partial charge in [0.2, 0.25) is 0 Å². The Hall–Kier alpha value is -1.74. The van der Waals surface area contributed by atoms with Crippen LogP contribution in [0.3, 0.4) is 0 Å². The average molecular weight is 273 g/mol. The third kappa shape index (κ3) is 4.14. The zero-order chi connectivity index (χ0) is 14.4. The maximum Gasteiger partial charge on any atom is 0.120 e. The molecular formula is C17H23NO2. The molecule has 0 saturated heterocycles. The Morgan fingerprint density at radius 3 is 2.80 bits per heavy atom. The highest BCUT2D eigenvalue weighted by molar-refractivity contribution is 5.28. The van der Waals surface area contributed by atoms with Crippen LogP contribution in [0, 0.1) is 13.8 Å². The van der Waals surface area contributed by atoms with Crippen LogP contribution in [0.4, 0.5) is 0 Å². The maximum absolute atomic E-state index is 5.81. The molecule has 0 aliphatic rings. The molecule has 0 aliphatic heterocycles. The number of nitrogens with one attached hydrogen (secondary N) is 1. The first-order valence-electron chi connectivity index (χ1n) is 7.17. The first kappa shape index (κ1) is 14.7. The molecule has 1 heterocycles. The van der Waals surface area contributed by atoms with Crippen molar-refractivity contribution in [3.8, 4) is 5.75 Å². The van der Waals surface area contributed by atoms with Crippen molar-refractivity contribution in [2.24, 2.45) is 0 Å². The van der Waals surface area contributed by atoms with Gasteiger partial charge in [0, 0.05) is 5.56 Å². The molecule has 0 radical (unpaired) electrons. The number of aryl methyl sites for hydroxylation is 2. The van der Waals surface area contributed by atoms with Crippen LogP contribution < -0.4 is 10.1 Å². The van der Waals surface area contributed by atoms with Crippen molar-refractivity contribution in [2.45, 2.75) is 40.3 Å². The van der Waals surface area contributed by atoms with Crippen LogP contribution >= 0.6 is 0 Å². The van der Waals surface area contributed by atoms with E-state index in [9.17, 15) is 0 Å². The Balaban J connectivity index is 1.92. The van der Waals surface area contributed by atoms with E-state index in [4.69, 9.17) is 9.15 Å². The SMILES string of the molecule is CCCNCc1cc(COc2cccc(C)c2)c(C)o1. The van der Waals surface area contributed by atoms with Gasteiger partial charge in [0.1, 0.15) is 23.9 Å². The minimum Gasteiger partial charge on any atom is -0.489 e. The first-order valence-corrected chi connectivity index (χ1v) is 7.17.